The van der Waals surface area contributed by atoms with Crippen molar-refractivity contribution in [2.24, 2.45) is 0 Å². The van der Waals surface area contributed by atoms with Crippen molar-refractivity contribution < 1.29 is 9.18 Å². The monoisotopic (exact) mass is 358 g/mol. The van der Waals surface area contributed by atoms with Crippen molar-refractivity contribution in [3.8, 4) is 0 Å². The van der Waals surface area contributed by atoms with Crippen LogP contribution in [0.4, 0.5) is 4.39 Å². The normalized spacial score (nSPS) is 12.1. The Morgan fingerprint density at radius 3 is 2.40 bits per heavy atom. The fraction of sp³-hybridized carbons (Fsp3) is 0.158. The smallest absolute Gasteiger partial charge is 0.267 e. The van der Waals surface area contributed by atoms with Gasteiger partial charge in [-0.15, -0.1) is 0 Å². The summed E-state index contributed by atoms with van der Waals surface area (Å²) in [5.74, 6) is -1.32. The topological polar surface area (TPSA) is 65.7 Å². The summed E-state index contributed by atoms with van der Waals surface area (Å²) < 4.78 is 14.3. The predicted octanol–water partition coefficient (Wildman–Crippen LogP) is 4.21. The van der Waals surface area contributed by atoms with E-state index in [2.05, 4.69) is 10.2 Å². The van der Waals surface area contributed by atoms with Gasteiger partial charge in [0.05, 0.1) is 0 Å². The largest absolute Gasteiger partial charge is 0.302 e. The Bertz CT molecular complexity index is 960. The van der Waals surface area contributed by atoms with Gasteiger partial charge in [0.25, 0.3) is 5.56 Å². The second-order valence-corrected chi connectivity index (χ2v) is 6.26. The first-order chi connectivity index (χ1) is 12.0. The number of halogens is 2. The second-order valence-electron chi connectivity index (χ2n) is 5.83. The summed E-state index contributed by atoms with van der Waals surface area (Å²) in [5, 5.41) is 5.76. The number of Topliss-reactive ketones (excluding diaryl/α,β-unsaturated/α-hetero) is 1. The molecule has 2 aromatic carbocycles. The maximum absolute atomic E-state index is 14.3. The first-order valence-corrected chi connectivity index (χ1v) is 8.15. The van der Waals surface area contributed by atoms with Crippen LogP contribution in [-0.2, 0) is 0 Å². The van der Waals surface area contributed by atoms with Crippen LogP contribution in [0.1, 0.15) is 39.5 Å². The van der Waals surface area contributed by atoms with Gasteiger partial charge >= 0.3 is 0 Å². The zero-order valence-corrected chi connectivity index (χ0v) is 14.2. The number of aromatic amines is 2. The average molecular weight is 359 g/mol. The molecule has 0 fully saturated rings. The molecule has 2 N–H and O–H groups in total. The van der Waals surface area contributed by atoms with Gasteiger partial charge in [-0.3, -0.25) is 14.7 Å². The molecule has 0 saturated carbocycles. The van der Waals surface area contributed by atoms with Crippen LogP contribution in [0.15, 0.2) is 53.3 Å². The Labute approximate surface area is 148 Å². The molecule has 1 heterocycles. The number of hydrogen-bond donors (Lipinski definition) is 2. The van der Waals surface area contributed by atoms with Crippen LogP contribution in [-0.4, -0.2) is 16.0 Å². The summed E-state index contributed by atoms with van der Waals surface area (Å²) in [6, 6.07) is 12.7. The van der Waals surface area contributed by atoms with Crippen molar-refractivity contribution in [1.29, 1.82) is 0 Å². The molecule has 0 spiro atoms. The Morgan fingerprint density at radius 1 is 1.12 bits per heavy atom. The van der Waals surface area contributed by atoms with E-state index >= 15 is 0 Å². The first-order valence-electron chi connectivity index (χ1n) is 7.77. The molecular formula is C19H16ClFN2O2. The van der Waals surface area contributed by atoms with Gasteiger partial charge in [-0.25, -0.2) is 4.39 Å². The molecule has 3 rings (SSSR count). The number of ketones is 1. The van der Waals surface area contributed by atoms with Crippen molar-refractivity contribution in [2.75, 3.05) is 0 Å². The third-order valence-corrected chi connectivity index (χ3v) is 4.45. The van der Waals surface area contributed by atoms with Crippen LogP contribution < -0.4 is 5.56 Å². The van der Waals surface area contributed by atoms with Crippen LogP contribution in [0.3, 0.4) is 0 Å². The molecule has 25 heavy (non-hydrogen) atoms. The molecule has 0 amide bonds. The number of hydrogen-bond acceptors (Lipinski definition) is 2. The van der Waals surface area contributed by atoms with Gasteiger partial charge < -0.3 is 5.10 Å². The van der Waals surface area contributed by atoms with E-state index in [-0.39, 0.29) is 17.8 Å². The summed E-state index contributed by atoms with van der Waals surface area (Å²) in [6.07, 6.45) is -0.0235. The zero-order valence-electron chi connectivity index (χ0n) is 13.5. The number of aromatic nitrogens is 2. The Hall–Kier alpha value is -2.66. The van der Waals surface area contributed by atoms with Gasteiger partial charge in [0.1, 0.15) is 5.82 Å². The summed E-state index contributed by atoms with van der Waals surface area (Å²) in [6.45, 7) is 1.72. The molecule has 0 saturated heterocycles. The maximum Gasteiger partial charge on any atom is 0.267 e. The molecule has 0 aliphatic rings. The van der Waals surface area contributed by atoms with Crippen molar-refractivity contribution in [2.45, 2.75) is 19.3 Å². The number of aryl methyl sites for hydroxylation is 1. The van der Waals surface area contributed by atoms with E-state index in [1.54, 1.807) is 49.4 Å². The van der Waals surface area contributed by atoms with Crippen LogP contribution in [0, 0.1) is 12.7 Å². The fourth-order valence-corrected chi connectivity index (χ4v) is 3.07. The molecule has 0 radical (unpaired) electrons. The number of carbonyl (C=O) groups excluding carboxylic acids is 1. The predicted molar refractivity (Wildman–Crippen MR) is 94.8 cm³/mol. The minimum absolute atomic E-state index is 0.0235. The SMILES string of the molecule is Cc1[nH][nH]c(=O)c1C(CC(=O)c1ccc(Cl)cc1)c1ccccc1F. The van der Waals surface area contributed by atoms with Gasteiger partial charge in [-0.1, -0.05) is 29.8 Å². The highest BCUT2D eigenvalue weighted by molar-refractivity contribution is 6.30. The lowest BCUT2D eigenvalue weighted by Gasteiger charge is -2.17. The van der Waals surface area contributed by atoms with E-state index < -0.39 is 11.7 Å². The minimum atomic E-state index is -0.681. The molecule has 6 heteroatoms. The molecule has 1 aromatic heterocycles. The Morgan fingerprint density at radius 2 is 1.80 bits per heavy atom. The van der Waals surface area contributed by atoms with Gasteiger partial charge in [0, 0.05) is 34.2 Å². The molecule has 4 nitrogen and oxygen atoms in total. The molecule has 128 valence electrons. The Balaban J connectivity index is 2.03. The third kappa shape index (κ3) is 3.56. The van der Waals surface area contributed by atoms with Crippen LogP contribution in [0.2, 0.25) is 5.02 Å². The standard InChI is InChI=1S/C19H16ClFN2O2/c1-11-18(19(25)23-22-11)15(14-4-2-3-5-16(14)21)10-17(24)12-6-8-13(20)9-7-12/h2-9,15H,10H2,1H3,(H2,22,23,25). The van der Waals surface area contributed by atoms with Gasteiger partial charge in [-0.2, -0.15) is 0 Å². The molecule has 0 aliphatic heterocycles. The number of carbonyl (C=O) groups is 1. The van der Waals surface area contributed by atoms with E-state index in [0.29, 0.717) is 27.4 Å². The number of rotatable bonds is 5. The van der Waals surface area contributed by atoms with E-state index in [1.165, 1.54) is 6.07 Å². The molecule has 0 bridgehead atoms. The average Bonchev–Trinajstić information content (AvgIpc) is 2.92. The molecule has 3 aromatic rings. The molecule has 1 unspecified atom stereocenters. The lowest BCUT2D eigenvalue weighted by Crippen LogP contribution is -2.17. The van der Waals surface area contributed by atoms with Crippen molar-refractivity contribution >= 4 is 17.4 Å². The van der Waals surface area contributed by atoms with Gasteiger partial charge in [-0.05, 0) is 42.8 Å². The zero-order chi connectivity index (χ0) is 18.0. The highest BCUT2D eigenvalue weighted by atomic mass is 35.5. The highest BCUT2D eigenvalue weighted by Gasteiger charge is 2.26. The second kappa shape index (κ2) is 7.07. The molecule has 1 atom stereocenters. The quantitative estimate of drug-likeness (QED) is 0.671. The highest BCUT2D eigenvalue weighted by Crippen LogP contribution is 2.30. The molecular weight excluding hydrogens is 343 g/mol. The lowest BCUT2D eigenvalue weighted by atomic mass is 9.85. The number of benzene rings is 2. The fourth-order valence-electron chi connectivity index (χ4n) is 2.94. The van der Waals surface area contributed by atoms with Crippen LogP contribution >= 0.6 is 11.6 Å². The molecule has 0 aliphatic carbocycles. The van der Waals surface area contributed by atoms with Crippen molar-refractivity contribution in [1.82, 2.24) is 10.2 Å². The summed E-state index contributed by atoms with van der Waals surface area (Å²) in [4.78, 5) is 24.9. The number of nitrogens with one attached hydrogen (secondary N) is 2. The summed E-state index contributed by atoms with van der Waals surface area (Å²) in [5.41, 5.74) is 1.39. The maximum atomic E-state index is 14.3. The van der Waals surface area contributed by atoms with E-state index in [4.69, 9.17) is 11.6 Å². The van der Waals surface area contributed by atoms with Gasteiger partial charge in [0.15, 0.2) is 5.78 Å². The first kappa shape index (κ1) is 17.2. The lowest BCUT2D eigenvalue weighted by molar-refractivity contribution is 0.0977. The van der Waals surface area contributed by atoms with E-state index in [1.807, 2.05) is 0 Å². The Kier molecular flexibility index (Phi) is 4.86. The van der Waals surface area contributed by atoms with Crippen LogP contribution in [0.5, 0.6) is 0 Å². The number of H-pyrrole nitrogens is 2. The summed E-state index contributed by atoms with van der Waals surface area (Å²) in [7, 11) is 0. The van der Waals surface area contributed by atoms with Crippen LogP contribution in [0.25, 0.3) is 0 Å². The van der Waals surface area contributed by atoms with Gasteiger partial charge in [0.2, 0.25) is 0 Å². The third-order valence-electron chi connectivity index (χ3n) is 4.20. The van der Waals surface area contributed by atoms with E-state index in [0.717, 1.165) is 0 Å². The summed E-state index contributed by atoms with van der Waals surface area (Å²) >= 11 is 5.85. The van der Waals surface area contributed by atoms with E-state index in [9.17, 15) is 14.0 Å². The van der Waals surface area contributed by atoms with Crippen molar-refractivity contribution in [3.63, 3.8) is 0 Å². The van der Waals surface area contributed by atoms with Crippen molar-refractivity contribution in [3.05, 3.63) is 92.1 Å². The minimum Gasteiger partial charge on any atom is -0.302 e.